The normalized spacial score (nSPS) is 18.0. The van der Waals surface area contributed by atoms with Crippen molar-refractivity contribution >= 4 is 23.2 Å². The molecule has 0 spiro atoms. The number of piperazine rings is 1. The van der Waals surface area contributed by atoms with Gasteiger partial charge in [-0.1, -0.05) is 6.07 Å². The molecule has 0 aromatic heterocycles. The van der Waals surface area contributed by atoms with Crippen LogP contribution in [0, 0.1) is 0 Å². The van der Waals surface area contributed by atoms with Gasteiger partial charge in [0.1, 0.15) is 5.54 Å². The predicted octanol–water partition coefficient (Wildman–Crippen LogP) is 0.0825. The highest BCUT2D eigenvalue weighted by molar-refractivity contribution is 6.03. The van der Waals surface area contributed by atoms with Crippen LogP contribution in [-0.4, -0.2) is 30.4 Å². The van der Waals surface area contributed by atoms with Crippen molar-refractivity contribution in [2.45, 2.75) is 19.4 Å². The lowest BCUT2D eigenvalue weighted by Crippen LogP contribution is -2.62. The molecule has 1 saturated heterocycles. The summed E-state index contributed by atoms with van der Waals surface area (Å²) in [5.41, 5.74) is 11.9. The van der Waals surface area contributed by atoms with Gasteiger partial charge < -0.3 is 21.7 Å². The second-order valence-corrected chi connectivity index (χ2v) is 5.07. The minimum Gasteiger partial charge on any atom is -0.397 e. The molecule has 2 rings (SSSR count). The van der Waals surface area contributed by atoms with Crippen molar-refractivity contribution in [2.75, 3.05) is 23.7 Å². The van der Waals surface area contributed by atoms with Gasteiger partial charge in [-0.25, -0.2) is 0 Å². The zero-order valence-corrected chi connectivity index (χ0v) is 11.1. The third kappa shape index (κ3) is 2.09. The highest BCUT2D eigenvalue weighted by Crippen LogP contribution is 2.34. The fourth-order valence-electron chi connectivity index (χ4n) is 2.35. The number of anilines is 2. The van der Waals surface area contributed by atoms with Gasteiger partial charge in [-0.2, -0.15) is 0 Å². The molecule has 0 radical (unpaired) electrons. The standard InChI is InChI=1S/C13H18N4O2/c1-13(2)12(19)16-6-7-17(13)10-8(11(15)18)4-3-5-9(10)14/h3-5H,6-7,14H2,1-2H3,(H2,15,18)(H,16,19). The summed E-state index contributed by atoms with van der Waals surface area (Å²) in [6.45, 7) is 4.67. The Hall–Kier alpha value is -2.24. The number of primary amides is 1. The highest BCUT2D eigenvalue weighted by atomic mass is 16.2. The molecule has 0 atom stereocenters. The van der Waals surface area contributed by atoms with E-state index < -0.39 is 11.4 Å². The largest absolute Gasteiger partial charge is 0.397 e. The first kappa shape index (κ1) is 13.2. The summed E-state index contributed by atoms with van der Waals surface area (Å²) in [6.07, 6.45) is 0. The molecule has 102 valence electrons. The number of para-hydroxylation sites is 1. The lowest BCUT2D eigenvalue weighted by molar-refractivity contribution is -0.126. The van der Waals surface area contributed by atoms with E-state index in [1.165, 1.54) is 0 Å². The van der Waals surface area contributed by atoms with Crippen LogP contribution < -0.4 is 21.7 Å². The van der Waals surface area contributed by atoms with E-state index in [0.717, 1.165) is 0 Å². The maximum absolute atomic E-state index is 12.0. The molecular formula is C13H18N4O2. The fraction of sp³-hybridized carbons (Fsp3) is 0.385. The number of amides is 2. The summed E-state index contributed by atoms with van der Waals surface area (Å²) in [6, 6.07) is 5.00. The maximum Gasteiger partial charge on any atom is 0.250 e. The smallest absolute Gasteiger partial charge is 0.250 e. The molecule has 0 saturated carbocycles. The first-order chi connectivity index (χ1) is 8.85. The molecular weight excluding hydrogens is 244 g/mol. The number of rotatable bonds is 2. The molecule has 6 heteroatoms. The number of hydrogen-bond acceptors (Lipinski definition) is 4. The molecule has 1 fully saturated rings. The molecule has 5 N–H and O–H groups in total. The minimum atomic E-state index is -0.780. The molecule has 0 bridgehead atoms. The van der Waals surface area contributed by atoms with Crippen LogP contribution in [0.5, 0.6) is 0 Å². The van der Waals surface area contributed by atoms with Crippen LogP contribution in [0.15, 0.2) is 18.2 Å². The van der Waals surface area contributed by atoms with Crippen molar-refractivity contribution in [1.82, 2.24) is 5.32 Å². The summed E-state index contributed by atoms with van der Waals surface area (Å²) in [4.78, 5) is 25.4. The zero-order valence-electron chi connectivity index (χ0n) is 11.1. The number of nitrogens with one attached hydrogen (secondary N) is 1. The van der Waals surface area contributed by atoms with E-state index in [2.05, 4.69) is 5.32 Å². The molecule has 2 amide bonds. The van der Waals surface area contributed by atoms with Crippen molar-refractivity contribution in [3.63, 3.8) is 0 Å². The lowest BCUT2D eigenvalue weighted by atomic mass is 9.96. The van der Waals surface area contributed by atoms with Gasteiger partial charge >= 0.3 is 0 Å². The van der Waals surface area contributed by atoms with Crippen molar-refractivity contribution in [3.8, 4) is 0 Å². The maximum atomic E-state index is 12.0. The third-order valence-corrected chi connectivity index (χ3v) is 3.45. The molecule has 6 nitrogen and oxygen atoms in total. The Morgan fingerprint density at radius 3 is 2.74 bits per heavy atom. The Labute approximate surface area is 111 Å². The van der Waals surface area contributed by atoms with E-state index >= 15 is 0 Å². The van der Waals surface area contributed by atoms with E-state index in [0.29, 0.717) is 30.0 Å². The van der Waals surface area contributed by atoms with Crippen molar-refractivity contribution in [3.05, 3.63) is 23.8 Å². The summed E-state index contributed by atoms with van der Waals surface area (Å²) in [5.74, 6) is -0.651. The third-order valence-electron chi connectivity index (χ3n) is 3.45. The highest BCUT2D eigenvalue weighted by Gasteiger charge is 2.39. The van der Waals surface area contributed by atoms with Gasteiger partial charge in [0.25, 0.3) is 5.91 Å². The number of nitrogens with two attached hydrogens (primary N) is 2. The average molecular weight is 262 g/mol. The Bertz CT molecular complexity index is 539. The van der Waals surface area contributed by atoms with Gasteiger partial charge in [0.05, 0.1) is 16.9 Å². The lowest BCUT2D eigenvalue weighted by Gasteiger charge is -2.43. The molecule has 1 aliphatic rings. The van der Waals surface area contributed by atoms with Gasteiger partial charge in [-0.3, -0.25) is 9.59 Å². The summed E-state index contributed by atoms with van der Waals surface area (Å²) in [7, 11) is 0. The van der Waals surface area contributed by atoms with Crippen LogP contribution in [0.1, 0.15) is 24.2 Å². The van der Waals surface area contributed by atoms with Gasteiger partial charge in [-0.05, 0) is 26.0 Å². The predicted molar refractivity (Wildman–Crippen MR) is 73.8 cm³/mol. The Kier molecular flexibility index (Phi) is 3.09. The molecule has 1 aliphatic heterocycles. The molecule has 0 unspecified atom stereocenters. The fourth-order valence-corrected chi connectivity index (χ4v) is 2.35. The van der Waals surface area contributed by atoms with Crippen LogP contribution in [0.25, 0.3) is 0 Å². The van der Waals surface area contributed by atoms with Crippen LogP contribution in [0.3, 0.4) is 0 Å². The Morgan fingerprint density at radius 1 is 1.42 bits per heavy atom. The van der Waals surface area contributed by atoms with E-state index in [-0.39, 0.29) is 5.91 Å². The first-order valence-electron chi connectivity index (χ1n) is 6.10. The number of carbonyl (C=O) groups is 2. The number of hydrogen-bond donors (Lipinski definition) is 3. The number of nitrogen functional groups attached to an aromatic ring is 1. The second-order valence-electron chi connectivity index (χ2n) is 5.07. The van der Waals surface area contributed by atoms with Crippen LogP contribution in [-0.2, 0) is 4.79 Å². The molecule has 0 aliphatic carbocycles. The Morgan fingerprint density at radius 2 is 2.11 bits per heavy atom. The summed E-state index contributed by atoms with van der Waals surface area (Å²) >= 11 is 0. The van der Waals surface area contributed by atoms with Gasteiger partial charge in [0, 0.05) is 13.1 Å². The van der Waals surface area contributed by atoms with E-state index in [4.69, 9.17) is 11.5 Å². The van der Waals surface area contributed by atoms with Gasteiger partial charge in [0.2, 0.25) is 5.91 Å². The van der Waals surface area contributed by atoms with E-state index in [9.17, 15) is 9.59 Å². The summed E-state index contributed by atoms with van der Waals surface area (Å²) in [5, 5.41) is 2.80. The van der Waals surface area contributed by atoms with Crippen molar-refractivity contribution in [2.24, 2.45) is 5.73 Å². The van der Waals surface area contributed by atoms with Gasteiger partial charge in [0.15, 0.2) is 0 Å². The zero-order chi connectivity index (χ0) is 14.2. The molecule has 1 aromatic carbocycles. The number of carbonyl (C=O) groups excluding carboxylic acids is 2. The molecule has 1 aromatic rings. The minimum absolute atomic E-state index is 0.0996. The quantitative estimate of drug-likeness (QED) is 0.657. The second kappa shape index (κ2) is 4.46. The SMILES string of the molecule is CC1(C)C(=O)NCCN1c1c(N)cccc1C(N)=O. The van der Waals surface area contributed by atoms with Crippen molar-refractivity contribution in [1.29, 1.82) is 0 Å². The van der Waals surface area contributed by atoms with E-state index in [1.54, 1.807) is 32.0 Å². The van der Waals surface area contributed by atoms with E-state index in [1.807, 2.05) is 4.90 Å². The van der Waals surface area contributed by atoms with Gasteiger partial charge in [-0.15, -0.1) is 0 Å². The van der Waals surface area contributed by atoms with Crippen LogP contribution in [0.4, 0.5) is 11.4 Å². The topological polar surface area (TPSA) is 101 Å². The monoisotopic (exact) mass is 262 g/mol. The summed E-state index contributed by atoms with van der Waals surface area (Å²) < 4.78 is 0. The van der Waals surface area contributed by atoms with Crippen LogP contribution in [0.2, 0.25) is 0 Å². The first-order valence-corrected chi connectivity index (χ1v) is 6.10. The number of nitrogens with zero attached hydrogens (tertiary/aromatic N) is 1. The van der Waals surface area contributed by atoms with Crippen LogP contribution >= 0.6 is 0 Å². The average Bonchev–Trinajstić information content (AvgIpc) is 2.33. The Balaban J connectivity index is 2.58. The molecule has 1 heterocycles. The van der Waals surface area contributed by atoms with Crippen molar-refractivity contribution < 1.29 is 9.59 Å². The molecule has 19 heavy (non-hydrogen) atoms. The number of benzene rings is 1.